The van der Waals surface area contributed by atoms with Crippen LogP contribution in [0.2, 0.25) is 0 Å². The Bertz CT molecular complexity index is 1590. The summed E-state index contributed by atoms with van der Waals surface area (Å²) in [7, 11) is 1.57. The maximum Gasteiger partial charge on any atom is 0.301 e. The molecule has 5 rings (SSSR count). The third-order valence-electron chi connectivity index (χ3n) is 5.98. The Kier molecular flexibility index (Phi) is 5.73. The van der Waals surface area contributed by atoms with Gasteiger partial charge in [-0.25, -0.2) is 4.98 Å². The molecule has 0 saturated carbocycles. The molecule has 1 amide bonds. The number of aliphatic hydroxyl groups excluding tert-OH is 1. The Balaban J connectivity index is 1.72. The van der Waals surface area contributed by atoms with Gasteiger partial charge in [0.25, 0.3) is 11.5 Å². The molecule has 180 valence electrons. The Labute approximate surface area is 209 Å². The fourth-order valence-corrected chi connectivity index (χ4v) is 5.09. The van der Waals surface area contributed by atoms with Gasteiger partial charge in [-0.15, -0.1) is 11.3 Å². The van der Waals surface area contributed by atoms with Gasteiger partial charge in [0.2, 0.25) is 0 Å². The SMILES string of the molecule is COc1ccc2cc(/C(O)=C3\C(=O)C(=O)N(c4nc(C)cs4)C3c3cccc([N+](=O)[O-])c3)ccc2c1. The van der Waals surface area contributed by atoms with Crippen LogP contribution in [0.1, 0.15) is 22.9 Å². The van der Waals surface area contributed by atoms with Gasteiger partial charge in [-0.1, -0.05) is 30.3 Å². The Morgan fingerprint density at radius 3 is 2.56 bits per heavy atom. The highest BCUT2D eigenvalue weighted by atomic mass is 32.1. The number of nitro benzene ring substituents is 1. The van der Waals surface area contributed by atoms with Gasteiger partial charge in [0.1, 0.15) is 11.5 Å². The number of amides is 1. The average Bonchev–Trinajstić information content (AvgIpc) is 3.43. The number of thiazole rings is 1. The first-order valence-corrected chi connectivity index (χ1v) is 11.7. The normalized spacial score (nSPS) is 17.1. The predicted molar refractivity (Wildman–Crippen MR) is 135 cm³/mol. The van der Waals surface area contributed by atoms with Crippen LogP contribution in [0.15, 0.2) is 71.6 Å². The second-order valence-corrected chi connectivity index (χ2v) is 9.06. The van der Waals surface area contributed by atoms with Gasteiger partial charge >= 0.3 is 5.91 Å². The summed E-state index contributed by atoms with van der Waals surface area (Å²) in [5.74, 6) is -1.47. The zero-order valence-corrected chi connectivity index (χ0v) is 20.0. The van der Waals surface area contributed by atoms with Gasteiger partial charge in [0, 0.05) is 23.1 Å². The fraction of sp³-hybridized carbons (Fsp3) is 0.115. The molecule has 9 nitrogen and oxygen atoms in total. The molecule has 0 spiro atoms. The number of hydrogen-bond donors (Lipinski definition) is 1. The van der Waals surface area contributed by atoms with E-state index in [0.29, 0.717) is 22.6 Å². The monoisotopic (exact) mass is 501 g/mol. The summed E-state index contributed by atoms with van der Waals surface area (Å²) in [6.45, 7) is 1.75. The molecular formula is C26H19N3O6S. The van der Waals surface area contributed by atoms with Crippen LogP contribution in [0.25, 0.3) is 16.5 Å². The summed E-state index contributed by atoms with van der Waals surface area (Å²) in [5, 5.41) is 26.4. The van der Waals surface area contributed by atoms with E-state index in [1.54, 1.807) is 49.7 Å². The van der Waals surface area contributed by atoms with Crippen LogP contribution in [0.5, 0.6) is 5.75 Å². The first-order valence-electron chi connectivity index (χ1n) is 10.8. The summed E-state index contributed by atoms with van der Waals surface area (Å²) >= 11 is 1.17. The summed E-state index contributed by atoms with van der Waals surface area (Å²) in [6, 6.07) is 15.1. The number of hydrogen-bond acceptors (Lipinski definition) is 8. The summed E-state index contributed by atoms with van der Waals surface area (Å²) in [5.41, 5.74) is 0.925. The zero-order valence-electron chi connectivity index (χ0n) is 19.2. The molecule has 0 aliphatic carbocycles. The molecule has 0 radical (unpaired) electrons. The van der Waals surface area contributed by atoms with Gasteiger partial charge in [-0.3, -0.25) is 24.6 Å². The molecule has 0 bridgehead atoms. The van der Waals surface area contributed by atoms with Gasteiger partial charge < -0.3 is 9.84 Å². The lowest BCUT2D eigenvalue weighted by Gasteiger charge is -2.22. The Morgan fingerprint density at radius 2 is 1.86 bits per heavy atom. The van der Waals surface area contributed by atoms with E-state index in [4.69, 9.17) is 4.74 Å². The van der Waals surface area contributed by atoms with E-state index >= 15 is 0 Å². The van der Waals surface area contributed by atoms with Crippen LogP contribution in [0.3, 0.4) is 0 Å². The van der Waals surface area contributed by atoms with Crippen LogP contribution in [0, 0.1) is 17.0 Å². The number of carbonyl (C=O) groups excluding carboxylic acids is 2. The number of Topliss-reactive ketones (excluding diaryl/α,β-unsaturated/α-hetero) is 1. The molecule has 36 heavy (non-hydrogen) atoms. The van der Waals surface area contributed by atoms with Crippen LogP contribution in [0.4, 0.5) is 10.8 Å². The number of aromatic nitrogens is 1. The van der Waals surface area contributed by atoms with Crippen LogP contribution >= 0.6 is 11.3 Å². The van der Waals surface area contributed by atoms with Crippen LogP contribution in [-0.4, -0.2) is 33.8 Å². The van der Waals surface area contributed by atoms with Gasteiger partial charge in [-0.05, 0) is 41.5 Å². The van der Waals surface area contributed by atoms with Crippen molar-refractivity contribution in [1.82, 2.24) is 4.98 Å². The molecule has 1 saturated heterocycles. The molecule has 2 heterocycles. The minimum atomic E-state index is -1.10. The number of ether oxygens (including phenoxy) is 1. The lowest BCUT2D eigenvalue weighted by Crippen LogP contribution is -2.29. The van der Waals surface area contributed by atoms with Crippen molar-refractivity contribution in [3.05, 3.63) is 98.6 Å². The number of aryl methyl sites for hydroxylation is 1. The second kappa shape index (κ2) is 8.90. The molecule has 1 aliphatic heterocycles. The highest BCUT2D eigenvalue weighted by Crippen LogP contribution is 2.43. The average molecular weight is 502 g/mol. The highest BCUT2D eigenvalue weighted by molar-refractivity contribution is 7.14. The highest BCUT2D eigenvalue weighted by Gasteiger charge is 2.48. The molecule has 1 fully saturated rings. The predicted octanol–water partition coefficient (Wildman–Crippen LogP) is 5.15. The smallest absolute Gasteiger partial charge is 0.301 e. The van der Waals surface area contributed by atoms with Crippen molar-refractivity contribution in [3.63, 3.8) is 0 Å². The van der Waals surface area contributed by atoms with E-state index < -0.39 is 22.7 Å². The molecule has 1 aromatic heterocycles. The second-order valence-electron chi connectivity index (χ2n) is 8.22. The van der Waals surface area contributed by atoms with Gasteiger partial charge in [-0.2, -0.15) is 0 Å². The van der Waals surface area contributed by atoms with Crippen molar-refractivity contribution in [3.8, 4) is 5.75 Å². The third-order valence-corrected chi connectivity index (χ3v) is 6.93. The molecule has 3 aromatic carbocycles. The number of nitro groups is 1. The molecular weight excluding hydrogens is 482 g/mol. The number of aliphatic hydroxyl groups is 1. The van der Waals surface area contributed by atoms with Crippen molar-refractivity contribution in [2.24, 2.45) is 0 Å². The number of benzene rings is 3. The molecule has 1 N–H and O–H groups in total. The molecule has 1 unspecified atom stereocenters. The van der Waals surface area contributed by atoms with Crippen molar-refractivity contribution >= 4 is 50.4 Å². The number of nitrogens with zero attached hydrogens (tertiary/aromatic N) is 3. The molecule has 10 heteroatoms. The Morgan fingerprint density at radius 1 is 1.11 bits per heavy atom. The molecule has 4 aromatic rings. The number of anilines is 1. The first-order chi connectivity index (χ1) is 17.3. The van der Waals surface area contributed by atoms with E-state index in [1.807, 2.05) is 12.1 Å². The number of fused-ring (bicyclic) bond motifs is 1. The zero-order chi connectivity index (χ0) is 25.6. The largest absolute Gasteiger partial charge is 0.507 e. The number of non-ortho nitro benzene ring substituents is 1. The lowest BCUT2D eigenvalue weighted by molar-refractivity contribution is -0.384. The minimum absolute atomic E-state index is 0.166. The maximum atomic E-state index is 13.3. The van der Waals surface area contributed by atoms with Crippen molar-refractivity contribution in [2.45, 2.75) is 13.0 Å². The number of rotatable bonds is 5. The van der Waals surface area contributed by atoms with E-state index in [0.717, 1.165) is 10.8 Å². The third kappa shape index (κ3) is 3.87. The van der Waals surface area contributed by atoms with E-state index in [-0.39, 0.29) is 22.2 Å². The number of ketones is 1. The van der Waals surface area contributed by atoms with Crippen LogP contribution < -0.4 is 9.64 Å². The van der Waals surface area contributed by atoms with E-state index in [9.17, 15) is 24.8 Å². The maximum absolute atomic E-state index is 13.3. The van der Waals surface area contributed by atoms with Gasteiger partial charge in [0.05, 0.1) is 29.3 Å². The van der Waals surface area contributed by atoms with Crippen molar-refractivity contribution in [1.29, 1.82) is 0 Å². The van der Waals surface area contributed by atoms with Gasteiger partial charge in [0.15, 0.2) is 5.13 Å². The summed E-state index contributed by atoms with van der Waals surface area (Å²) < 4.78 is 5.25. The first kappa shape index (κ1) is 23.2. The lowest BCUT2D eigenvalue weighted by atomic mass is 9.94. The topological polar surface area (TPSA) is 123 Å². The van der Waals surface area contributed by atoms with Crippen molar-refractivity contribution in [2.75, 3.05) is 12.0 Å². The quantitative estimate of drug-likeness (QED) is 0.132. The van der Waals surface area contributed by atoms with Crippen molar-refractivity contribution < 1.29 is 24.4 Å². The van der Waals surface area contributed by atoms with E-state index in [1.165, 1.54) is 34.4 Å². The Hall–Kier alpha value is -4.57. The number of carbonyl (C=O) groups is 2. The van der Waals surface area contributed by atoms with E-state index in [2.05, 4.69) is 4.98 Å². The standard InChI is InChI=1S/C26H19N3O6S/c1-14-13-36-26(27-14)28-22(17-4-3-5-19(11-17)29(33)34)21(24(31)25(28)32)23(30)18-7-6-16-12-20(35-2)9-8-15(16)10-18/h3-13,22,30H,1-2H3/b23-21+. The molecule has 1 aliphatic rings. The fourth-order valence-electron chi connectivity index (χ4n) is 4.26. The summed E-state index contributed by atoms with van der Waals surface area (Å²) in [4.78, 5) is 42.9. The minimum Gasteiger partial charge on any atom is -0.507 e. The molecule has 1 atom stereocenters. The number of methoxy groups -OCH3 is 1. The summed E-state index contributed by atoms with van der Waals surface area (Å²) in [6.07, 6.45) is 0. The van der Waals surface area contributed by atoms with Crippen LogP contribution in [-0.2, 0) is 9.59 Å².